The molecule has 0 spiro atoms. The minimum Gasteiger partial charge on any atom is -0.462 e. The van der Waals surface area contributed by atoms with Gasteiger partial charge in [0.25, 0.3) is 0 Å². The Bertz CT molecular complexity index is 1010. The smallest absolute Gasteiger partial charge is 0.343 e. The first kappa shape index (κ1) is 21.4. The average Bonchev–Trinajstić information content (AvgIpc) is 3.12. The van der Waals surface area contributed by atoms with Crippen LogP contribution in [-0.4, -0.2) is 33.5 Å². The van der Waals surface area contributed by atoms with E-state index in [9.17, 15) is 14.7 Å². The number of carbonyl (C=O) groups excluding carboxylic acids is 2. The Labute approximate surface area is 178 Å². The average molecular weight is 429 g/mol. The zero-order valence-electron chi connectivity index (χ0n) is 16.2. The number of nitrogens with zero attached hydrogens (tertiary/aromatic N) is 2. The molecule has 2 aromatic carbocycles. The first-order valence-electron chi connectivity index (χ1n) is 9.27. The highest BCUT2D eigenvalue weighted by Gasteiger charge is 2.22. The number of urea groups is 1. The van der Waals surface area contributed by atoms with Crippen molar-refractivity contribution in [3.05, 3.63) is 76.9 Å². The quantitative estimate of drug-likeness (QED) is 0.491. The van der Waals surface area contributed by atoms with Crippen LogP contribution in [0.4, 0.5) is 16.3 Å². The number of aliphatic hydroxyl groups excluding tert-OH is 1. The maximum Gasteiger partial charge on any atom is 0.343 e. The van der Waals surface area contributed by atoms with Gasteiger partial charge in [0.15, 0.2) is 0 Å². The summed E-state index contributed by atoms with van der Waals surface area (Å²) in [7, 11) is 0. The van der Waals surface area contributed by atoms with Crippen LogP contribution < -0.4 is 10.6 Å². The van der Waals surface area contributed by atoms with E-state index in [0.29, 0.717) is 16.3 Å². The molecule has 9 heteroatoms. The van der Waals surface area contributed by atoms with Gasteiger partial charge in [-0.2, -0.15) is 5.10 Å². The molecule has 3 rings (SSSR count). The van der Waals surface area contributed by atoms with Gasteiger partial charge in [0.05, 0.1) is 25.5 Å². The fourth-order valence-electron chi connectivity index (χ4n) is 2.76. The first-order chi connectivity index (χ1) is 14.5. The Balaban J connectivity index is 1.82. The molecule has 3 aromatic rings. The molecule has 2 amide bonds. The highest BCUT2D eigenvalue weighted by atomic mass is 35.5. The zero-order valence-corrected chi connectivity index (χ0v) is 17.0. The van der Waals surface area contributed by atoms with E-state index in [4.69, 9.17) is 16.3 Å². The van der Waals surface area contributed by atoms with Gasteiger partial charge in [-0.1, -0.05) is 41.9 Å². The minimum atomic E-state index is -0.888. The number of esters is 1. The first-order valence-corrected chi connectivity index (χ1v) is 9.65. The van der Waals surface area contributed by atoms with Crippen LogP contribution in [0, 0.1) is 0 Å². The van der Waals surface area contributed by atoms with Crippen molar-refractivity contribution in [1.29, 1.82) is 0 Å². The summed E-state index contributed by atoms with van der Waals surface area (Å²) < 4.78 is 6.40. The number of rotatable bonds is 7. The van der Waals surface area contributed by atoms with Crippen LogP contribution in [0.2, 0.25) is 5.02 Å². The molecule has 0 saturated heterocycles. The van der Waals surface area contributed by atoms with Crippen molar-refractivity contribution in [3.63, 3.8) is 0 Å². The third-order valence-electron chi connectivity index (χ3n) is 4.20. The third kappa shape index (κ3) is 5.37. The van der Waals surface area contributed by atoms with Gasteiger partial charge in [0.2, 0.25) is 0 Å². The van der Waals surface area contributed by atoms with Crippen molar-refractivity contribution in [2.24, 2.45) is 0 Å². The van der Waals surface area contributed by atoms with Crippen LogP contribution in [0.1, 0.15) is 28.9 Å². The topological polar surface area (TPSA) is 105 Å². The number of benzene rings is 2. The van der Waals surface area contributed by atoms with E-state index in [1.165, 1.54) is 10.9 Å². The number of anilines is 2. The zero-order chi connectivity index (χ0) is 21.5. The lowest BCUT2D eigenvalue weighted by Gasteiger charge is -2.15. The van der Waals surface area contributed by atoms with Crippen LogP contribution in [0.5, 0.6) is 0 Å². The Morgan fingerprint density at radius 2 is 1.83 bits per heavy atom. The molecule has 8 nitrogen and oxygen atoms in total. The second-order valence-electron chi connectivity index (χ2n) is 6.32. The molecule has 30 heavy (non-hydrogen) atoms. The van der Waals surface area contributed by atoms with Crippen LogP contribution >= 0.6 is 11.6 Å². The molecule has 1 atom stereocenters. The minimum absolute atomic E-state index is 0.0278. The van der Waals surface area contributed by atoms with E-state index >= 15 is 0 Å². The summed E-state index contributed by atoms with van der Waals surface area (Å²) in [5.41, 5.74) is 1.29. The van der Waals surface area contributed by atoms with Crippen LogP contribution in [0.15, 0.2) is 60.8 Å². The number of amides is 2. The molecule has 0 aliphatic heterocycles. The van der Waals surface area contributed by atoms with E-state index < -0.39 is 18.1 Å². The van der Waals surface area contributed by atoms with E-state index in [1.807, 2.05) is 18.2 Å². The molecule has 0 saturated carbocycles. The second kappa shape index (κ2) is 9.91. The molecule has 0 aliphatic carbocycles. The summed E-state index contributed by atoms with van der Waals surface area (Å²) in [5.74, 6) is -0.505. The monoisotopic (exact) mass is 428 g/mol. The predicted molar refractivity (Wildman–Crippen MR) is 114 cm³/mol. The maximum atomic E-state index is 12.5. The normalized spacial score (nSPS) is 11.6. The van der Waals surface area contributed by atoms with Gasteiger partial charge in [0.1, 0.15) is 11.4 Å². The van der Waals surface area contributed by atoms with Gasteiger partial charge in [-0.25, -0.2) is 14.3 Å². The molecule has 3 N–H and O–H groups in total. The van der Waals surface area contributed by atoms with Crippen molar-refractivity contribution in [3.8, 4) is 0 Å². The molecule has 0 radical (unpaired) electrons. The van der Waals surface area contributed by atoms with E-state index in [0.717, 1.165) is 0 Å². The van der Waals surface area contributed by atoms with Crippen LogP contribution in [-0.2, 0) is 11.3 Å². The molecule has 0 fully saturated rings. The van der Waals surface area contributed by atoms with Crippen molar-refractivity contribution in [2.75, 3.05) is 17.2 Å². The van der Waals surface area contributed by atoms with Crippen molar-refractivity contribution in [2.45, 2.75) is 19.6 Å². The maximum absolute atomic E-state index is 12.5. The number of aromatic nitrogens is 2. The van der Waals surface area contributed by atoms with Crippen molar-refractivity contribution in [1.82, 2.24) is 9.78 Å². The predicted octanol–water partition coefficient (Wildman–Crippen LogP) is 4.09. The Kier molecular flexibility index (Phi) is 7.05. The summed E-state index contributed by atoms with van der Waals surface area (Å²) in [6.45, 7) is 1.88. The van der Waals surface area contributed by atoms with Gasteiger partial charge in [0, 0.05) is 10.7 Å². The largest absolute Gasteiger partial charge is 0.462 e. The summed E-state index contributed by atoms with van der Waals surface area (Å²) in [5, 5.41) is 20.5. The number of aliphatic hydroxyl groups is 1. The second-order valence-corrected chi connectivity index (χ2v) is 6.76. The Morgan fingerprint density at radius 3 is 2.50 bits per heavy atom. The summed E-state index contributed by atoms with van der Waals surface area (Å²) in [4.78, 5) is 24.8. The van der Waals surface area contributed by atoms with E-state index in [2.05, 4.69) is 15.7 Å². The van der Waals surface area contributed by atoms with Crippen LogP contribution in [0.3, 0.4) is 0 Å². The van der Waals surface area contributed by atoms with Crippen LogP contribution in [0.25, 0.3) is 0 Å². The number of ether oxygens (including phenoxy) is 1. The molecule has 1 heterocycles. The Morgan fingerprint density at radius 1 is 1.13 bits per heavy atom. The number of halogens is 1. The molecule has 1 aromatic heterocycles. The summed E-state index contributed by atoms with van der Waals surface area (Å²) in [6.07, 6.45) is 0.411. The fourth-order valence-corrected chi connectivity index (χ4v) is 2.89. The van der Waals surface area contributed by atoms with E-state index in [-0.39, 0.29) is 24.5 Å². The molecule has 0 bridgehead atoms. The molecular weight excluding hydrogens is 408 g/mol. The molecule has 1 unspecified atom stereocenters. The number of nitrogens with one attached hydrogen (secondary N) is 2. The molecule has 0 aliphatic rings. The third-order valence-corrected chi connectivity index (χ3v) is 4.45. The number of hydrogen-bond donors (Lipinski definition) is 3. The fraction of sp³-hybridized carbons (Fsp3) is 0.190. The van der Waals surface area contributed by atoms with Gasteiger partial charge < -0.3 is 15.2 Å². The number of carbonyl (C=O) groups is 2. The van der Waals surface area contributed by atoms with Gasteiger partial charge >= 0.3 is 12.0 Å². The SMILES string of the molecule is CCOC(=O)c1cnn(CC(O)c2ccccc2)c1NC(=O)Nc1ccc(Cl)cc1. The van der Waals surface area contributed by atoms with Gasteiger partial charge in [-0.15, -0.1) is 0 Å². The van der Waals surface area contributed by atoms with Gasteiger partial charge in [-0.05, 0) is 36.8 Å². The molecule has 156 valence electrons. The molecular formula is C21H21ClN4O4. The lowest BCUT2D eigenvalue weighted by Crippen LogP contribution is -2.24. The lowest BCUT2D eigenvalue weighted by molar-refractivity contribution is 0.0527. The lowest BCUT2D eigenvalue weighted by atomic mass is 10.1. The number of hydrogen-bond acceptors (Lipinski definition) is 5. The Hall–Kier alpha value is -3.36. The van der Waals surface area contributed by atoms with E-state index in [1.54, 1.807) is 43.3 Å². The van der Waals surface area contributed by atoms with Crippen molar-refractivity contribution >= 4 is 35.1 Å². The highest BCUT2D eigenvalue weighted by molar-refractivity contribution is 6.30. The standard InChI is InChI=1S/C21H21ClN4O4/c1-2-30-20(28)17-12-23-26(13-18(27)14-6-4-3-5-7-14)19(17)25-21(29)24-16-10-8-15(22)9-11-16/h3-12,18,27H,2,13H2,1H3,(H2,24,25,29). The summed E-state index contributed by atoms with van der Waals surface area (Å²) in [6, 6.07) is 15.0. The van der Waals surface area contributed by atoms with Crippen molar-refractivity contribution < 1.29 is 19.4 Å². The summed E-state index contributed by atoms with van der Waals surface area (Å²) >= 11 is 5.85. The highest BCUT2D eigenvalue weighted by Crippen LogP contribution is 2.22. The van der Waals surface area contributed by atoms with Gasteiger partial charge in [-0.3, -0.25) is 5.32 Å².